The van der Waals surface area contributed by atoms with E-state index in [-0.39, 0.29) is 65.1 Å². The fourth-order valence-electron chi connectivity index (χ4n) is 4.10. The van der Waals surface area contributed by atoms with E-state index in [1.54, 1.807) is 24.3 Å². The van der Waals surface area contributed by atoms with Gasteiger partial charge in [-0.25, -0.2) is 0 Å². The Morgan fingerprint density at radius 1 is 0.882 bits per heavy atom. The molecule has 4 aromatic carbocycles. The van der Waals surface area contributed by atoms with Crippen molar-refractivity contribution in [3.63, 3.8) is 0 Å². The zero-order valence-electron chi connectivity index (χ0n) is 19.1. The predicted molar refractivity (Wildman–Crippen MR) is 128 cm³/mol. The molecule has 1 atom stereocenters. The molecule has 9 heteroatoms. The van der Waals surface area contributed by atoms with E-state index in [4.69, 9.17) is 9.26 Å². The van der Waals surface area contributed by atoms with Crippen molar-refractivity contribution in [2.75, 3.05) is 11.9 Å². The minimum Gasteiger partial charge on any atom is -0.746 e. The summed E-state index contributed by atoms with van der Waals surface area (Å²) in [6, 6.07) is 28.1. The van der Waals surface area contributed by atoms with Crippen LogP contribution in [0.25, 0.3) is 16.3 Å². The summed E-state index contributed by atoms with van der Waals surface area (Å²) in [5, 5.41) is 2.04. The standard InChI is InChI=1S/C25H20NO5P.2Na/c1-26-22-14-8-7-13-20(22)23(21-16-15-17-9-5-6-12-19(17)24(21)26)25(31-32(27,28)29)30-18-10-3-2-4-11-18;;/h2-16H,1H3,(H2,27,28,29);;/q;;+1/p-1/b25-23-;;. The van der Waals surface area contributed by atoms with Crippen molar-refractivity contribution in [3.8, 4) is 5.75 Å². The van der Waals surface area contributed by atoms with Crippen LogP contribution in [0.4, 0.5) is 11.4 Å². The van der Waals surface area contributed by atoms with E-state index in [0.29, 0.717) is 11.3 Å². The minimum atomic E-state index is -5.16. The van der Waals surface area contributed by atoms with Crippen molar-refractivity contribution in [2.24, 2.45) is 0 Å². The molecule has 0 saturated carbocycles. The van der Waals surface area contributed by atoms with Crippen molar-refractivity contribution in [3.05, 3.63) is 108 Å². The average Bonchev–Trinajstić information content (AvgIpc) is 2.78. The molecule has 4 aromatic rings. The van der Waals surface area contributed by atoms with Crippen LogP contribution >= 0.6 is 7.82 Å². The second-order valence-corrected chi connectivity index (χ2v) is 8.52. The van der Waals surface area contributed by atoms with Crippen LogP contribution in [-0.2, 0) is 9.09 Å². The summed E-state index contributed by atoms with van der Waals surface area (Å²) in [6.07, 6.45) is 0. The Labute approximate surface area is 242 Å². The molecule has 0 saturated heterocycles. The molecule has 5 rings (SSSR count). The Kier molecular flexibility index (Phi) is 8.75. The Balaban J connectivity index is 0.00000162. The maximum absolute atomic E-state index is 11.8. The van der Waals surface area contributed by atoms with Crippen molar-refractivity contribution in [1.82, 2.24) is 0 Å². The van der Waals surface area contributed by atoms with E-state index in [1.165, 1.54) is 0 Å². The number of hydrogen-bond acceptors (Lipinski definition) is 5. The third kappa shape index (κ3) is 5.31. The molecule has 161 valence electrons. The van der Waals surface area contributed by atoms with Gasteiger partial charge in [-0.1, -0.05) is 72.8 Å². The number of nitrogens with zero attached hydrogens (tertiary/aromatic N) is 1. The van der Waals surface area contributed by atoms with Crippen LogP contribution in [0.1, 0.15) is 11.1 Å². The van der Waals surface area contributed by atoms with Crippen LogP contribution in [0, 0.1) is 0 Å². The van der Waals surface area contributed by atoms with Gasteiger partial charge in [0.05, 0.1) is 11.3 Å². The van der Waals surface area contributed by atoms with Gasteiger partial charge in [-0.15, -0.1) is 0 Å². The first-order chi connectivity index (χ1) is 15.4. The number of phosphoric ester groups is 1. The molecule has 1 aliphatic rings. The molecule has 0 aromatic heterocycles. The average molecular weight is 490 g/mol. The second-order valence-electron chi connectivity index (χ2n) is 7.40. The molecular weight excluding hydrogens is 471 g/mol. The van der Waals surface area contributed by atoms with Gasteiger partial charge in [-0.05, 0) is 23.6 Å². The number of phosphoric acid groups is 1. The van der Waals surface area contributed by atoms with Gasteiger partial charge in [0.25, 0.3) is 5.95 Å². The first kappa shape index (κ1) is 27.0. The van der Waals surface area contributed by atoms with E-state index in [1.807, 2.05) is 73.8 Å². The van der Waals surface area contributed by atoms with Gasteiger partial charge < -0.3 is 23.9 Å². The molecule has 0 bridgehead atoms. The van der Waals surface area contributed by atoms with Crippen LogP contribution in [0.5, 0.6) is 5.75 Å². The van der Waals surface area contributed by atoms with Gasteiger partial charge in [0.1, 0.15) is 5.75 Å². The van der Waals surface area contributed by atoms with Gasteiger partial charge in [-0.3, -0.25) is 4.57 Å². The van der Waals surface area contributed by atoms with Gasteiger partial charge >= 0.3 is 37.4 Å². The SMILES string of the molecule is CN1c2ccccc2/C(=C(\Oc2ccccc2)OP(=O)([O-])O)c2ccc3ccccc3c21.[Na+].[Na]. The first-order valence-corrected chi connectivity index (χ1v) is 11.5. The van der Waals surface area contributed by atoms with Crippen LogP contribution in [0.2, 0.25) is 0 Å². The molecule has 0 fully saturated rings. The first-order valence-electron chi connectivity index (χ1n) is 9.98. The molecule has 1 unspecified atom stereocenters. The summed E-state index contributed by atoms with van der Waals surface area (Å²) in [4.78, 5) is 23.4. The Bertz CT molecular complexity index is 1410. The van der Waals surface area contributed by atoms with Crippen molar-refractivity contribution >= 4 is 65.1 Å². The van der Waals surface area contributed by atoms with Crippen LogP contribution in [0.3, 0.4) is 0 Å². The van der Waals surface area contributed by atoms with Crippen molar-refractivity contribution in [2.45, 2.75) is 0 Å². The topological polar surface area (TPSA) is 82.1 Å². The quantitative estimate of drug-likeness (QED) is 0.267. The Morgan fingerprint density at radius 2 is 1.53 bits per heavy atom. The number of benzene rings is 4. The fraction of sp³-hybridized carbons (Fsp3) is 0.0400. The molecule has 0 spiro atoms. The number of ether oxygens (including phenoxy) is 1. The summed E-state index contributed by atoms with van der Waals surface area (Å²) >= 11 is 0. The van der Waals surface area contributed by atoms with Crippen LogP contribution < -0.4 is 44.1 Å². The number of hydrogen-bond donors (Lipinski definition) is 1. The zero-order valence-corrected chi connectivity index (χ0v) is 24.0. The molecule has 0 aliphatic carbocycles. The monoisotopic (exact) mass is 490 g/mol. The largest absolute Gasteiger partial charge is 1.00 e. The molecule has 1 radical (unpaired) electrons. The third-order valence-electron chi connectivity index (χ3n) is 5.40. The number of rotatable bonds is 4. The summed E-state index contributed by atoms with van der Waals surface area (Å²) in [6.45, 7) is 0. The zero-order chi connectivity index (χ0) is 22.3. The third-order valence-corrected chi connectivity index (χ3v) is 5.79. The van der Waals surface area contributed by atoms with Crippen LogP contribution in [0.15, 0.2) is 96.9 Å². The minimum absolute atomic E-state index is 0. The smallest absolute Gasteiger partial charge is 0.746 e. The predicted octanol–water partition coefficient (Wildman–Crippen LogP) is 1.82. The molecule has 6 nitrogen and oxygen atoms in total. The molecule has 1 aliphatic heterocycles. The Morgan fingerprint density at radius 3 is 2.26 bits per heavy atom. The van der Waals surface area contributed by atoms with Crippen molar-refractivity contribution in [1.29, 1.82) is 0 Å². The van der Waals surface area contributed by atoms with Gasteiger partial charge in [-0.2, -0.15) is 0 Å². The molecule has 1 N–H and O–H groups in total. The number of anilines is 2. The van der Waals surface area contributed by atoms with Crippen LogP contribution in [-0.4, -0.2) is 41.5 Å². The maximum atomic E-state index is 11.8. The number of para-hydroxylation sites is 2. The van der Waals surface area contributed by atoms with Gasteiger partial charge in [0.15, 0.2) is 0 Å². The second kappa shape index (κ2) is 11.0. The fourth-order valence-corrected chi connectivity index (χ4v) is 4.43. The van der Waals surface area contributed by atoms with E-state index >= 15 is 0 Å². The van der Waals surface area contributed by atoms with E-state index < -0.39 is 7.82 Å². The Hall–Kier alpha value is -1.57. The molecule has 34 heavy (non-hydrogen) atoms. The normalized spacial score (nSPS) is 15.1. The summed E-state index contributed by atoms with van der Waals surface area (Å²) in [7, 11) is -3.20. The van der Waals surface area contributed by atoms with Gasteiger partial charge in [0.2, 0.25) is 0 Å². The van der Waals surface area contributed by atoms with Crippen molar-refractivity contribution < 1.29 is 53.2 Å². The summed E-state index contributed by atoms with van der Waals surface area (Å²) in [5.41, 5.74) is 3.62. The van der Waals surface area contributed by atoms with E-state index in [9.17, 15) is 14.4 Å². The summed E-state index contributed by atoms with van der Waals surface area (Å²) in [5.74, 6) is 0.0660. The van der Waals surface area contributed by atoms with E-state index in [0.717, 1.165) is 33.3 Å². The molecule has 0 amide bonds. The molecule has 1 heterocycles. The molecular formula is C25H19NNa2O5P. The maximum Gasteiger partial charge on any atom is 1.00 e. The van der Waals surface area contributed by atoms with Gasteiger partial charge in [0, 0.05) is 58.8 Å². The number of fused-ring (bicyclic) bond motifs is 4. The summed E-state index contributed by atoms with van der Waals surface area (Å²) < 4.78 is 22.7. The van der Waals surface area contributed by atoms with E-state index in [2.05, 4.69) is 4.90 Å².